The Bertz CT molecular complexity index is 136. The Morgan fingerprint density at radius 3 is 3.00 bits per heavy atom. The summed E-state index contributed by atoms with van der Waals surface area (Å²) >= 11 is 1.73. The van der Waals surface area contributed by atoms with Crippen LogP contribution in [-0.2, 0) is 9.47 Å². The third-order valence-electron chi connectivity index (χ3n) is 1.75. The maximum atomic E-state index is 5.53. The fourth-order valence-corrected chi connectivity index (χ4v) is 2.53. The lowest BCUT2D eigenvalue weighted by Crippen LogP contribution is -2.26. The number of nitrogens with two attached hydrogens (primary N) is 1. The summed E-state index contributed by atoms with van der Waals surface area (Å²) in [6, 6.07) is 0. The second-order valence-electron chi connectivity index (χ2n) is 2.60. The van der Waals surface area contributed by atoms with E-state index in [1.165, 1.54) is 6.42 Å². The second kappa shape index (κ2) is 2.37. The number of ether oxygens (including phenoxy) is 2. The molecule has 58 valence electrons. The lowest BCUT2D eigenvalue weighted by molar-refractivity contribution is -0.0891. The van der Waals surface area contributed by atoms with Crippen LogP contribution >= 0.6 is 11.8 Å². The molecular formula is C6H11NO2S. The lowest BCUT2D eigenvalue weighted by atomic mass is 10.3. The Hall–Kier alpha value is 0.230. The van der Waals surface area contributed by atoms with Crippen LogP contribution in [0.25, 0.3) is 0 Å². The summed E-state index contributed by atoms with van der Waals surface area (Å²) in [6.45, 7) is 0.549. The van der Waals surface area contributed by atoms with E-state index in [0.29, 0.717) is 6.61 Å². The van der Waals surface area contributed by atoms with Gasteiger partial charge in [0.1, 0.15) is 6.23 Å². The Kier molecular flexibility index (Phi) is 1.64. The number of hydrogen-bond acceptors (Lipinski definition) is 4. The van der Waals surface area contributed by atoms with E-state index in [0.717, 1.165) is 12.2 Å². The summed E-state index contributed by atoms with van der Waals surface area (Å²) in [6.07, 6.45) is 1.97. The van der Waals surface area contributed by atoms with Crippen LogP contribution in [0.1, 0.15) is 12.8 Å². The van der Waals surface area contributed by atoms with Crippen molar-refractivity contribution in [3.05, 3.63) is 0 Å². The first-order chi connectivity index (χ1) is 4.81. The van der Waals surface area contributed by atoms with Gasteiger partial charge in [0, 0.05) is 6.42 Å². The van der Waals surface area contributed by atoms with Crippen molar-refractivity contribution >= 4 is 11.8 Å². The monoisotopic (exact) mass is 161 g/mol. The van der Waals surface area contributed by atoms with Crippen LogP contribution in [0.4, 0.5) is 0 Å². The zero-order chi connectivity index (χ0) is 7.03. The van der Waals surface area contributed by atoms with Gasteiger partial charge in [-0.15, -0.1) is 0 Å². The van der Waals surface area contributed by atoms with Gasteiger partial charge in [0.05, 0.1) is 6.61 Å². The Balaban J connectivity index is 2.03. The number of rotatable bonds is 0. The average molecular weight is 161 g/mol. The fourth-order valence-electron chi connectivity index (χ4n) is 1.30. The summed E-state index contributed by atoms with van der Waals surface area (Å²) in [5.74, 6) is 1.13. The average Bonchev–Trinajstić information content (AvgIpc) is 2.46. The smallest absolute Gasteiger partial charge is 0.219 e. The van der Waals surface area contributed by atoms with E-state index < -0.39 is 0 Å². The summed E-state index contributed by atoms with van der Waals surface area (Å²) in [4.78, 5) is 0. The van der Waals surface area contributed by atoms with Gasteiger partial charge in [-0.05, 0) is 12.2 Å². The molecule has 2 unspecified atom stereocenters. The van der Waals surface area contributed by atoms with E-state index in [1.54, 1.807) is 11.8 Å². The first-order valence-corrected chi connectivity index (χ1v) is 4.51. The molecule has 2 aliphatic heterocycles. The van der Waals surface area contributed by atoms with Crippen LogP contribution in [-0.4, -0.2) is 23.7 Å². The highest BCUT2D eigenvalue weighted by molar-refractivity contribution is 8.00. The van der Waals surface area contributed by atoms with E-state index >= 15 is 0 Å². The third-order valence-corrected chi connectivity index (χ3v) is 3.10. The minimum Gasteiger partial charge on any atom is -0.337 e. The molecule has 2 atom stereocenters. The first kappa shape index (κ1) is 6.91. The van der Waals surface area contributed by atoms with Crippen LogP contribution in [0, 0.1) is 0 Å². The van der Waals surface area contributed by atoms with Gasteiger partial charge in [0.2, 0.25) is 5.12 Å². The topological polar surface area (TPSA) is 44.5 Å². The zero-order valence-corrected chi connectivity index (χ0v) is 6.52. The molecule has 0 saturated carbocycles. The Morgan fingerprint density at radius 1 is 1.60 bits per heavy atom. The molecule has 2 N–H and O–H groups in total. The second-order valence-corrected chi connectivity index (χ2v) is 3.92. The van der Waals surface area contributed by atoms with Crippen molar-refractivity contribution in [1.29, 1.82) is 0 Å². The van der Waals surface area contributed by atoms with Gasteiger partial charge in [-0.25, -0.2) is 0 Å². The van der Waals surface area contributed by atoms with Crippen molar-refractivity contribution in [3.8, 4) is 0 Å². The predicted molar refractivity (Wildman–Crippen MR) is 39.4 cm³/mol. The molecule has 3 nitrogen and oxygen atoms in total. The van der Waals surface area contributed by atoms with Gasteiger partial charge in [0.25, 0.3) is 0 Å². The largest absolute Gasteiger partial charge is 0.337 e. The summed E-state index contributed by atoms with van der Waals surface area (Å²) in [5.41, 5.74) is 5.53. The number of thioether (sulfide) groups is 1. The van der Waals surface area contributed by atoms with Gasteiger partial charge in [-0.1, -0.05) is 11.8 Å². The maximum absolute atomic E-state index is 5.53. The van der Waals surface area contributed by atoms with Crippen LogP contribution in [0.3, 0.4) is 0 Å². The molecule has 2 fully saturated rings. The first-order valence-electron chi connectivity index (χ1n) is 3.52. The molecule has 0 radical (unpaired) electrons. The molecule has 2 saturated heterocycles. The molecule has 1 spiro atoms. The molecule has 0 bridgehead atoms. The zero-order valence-electron chi connectivity index (χ0n) is 5.71. The standard InChI is InChI=1S/C6H11NO2S/c7-5-4-8-6(9-5)2-1-3-10-6/h5H,1-4,7H2. The lowest BCUT2D eigenvalue weighted by Gasteiger charge is -2.19. The van der Waals surface area contributed by atoms with Crippen LogP contribution < -0.4 is 5.73 Å². The normalized spacial score (nSPS) is 47.1. The third kappa shape index (κ3) is 1.05. The van der Waals surface area contributed by atoms with E-state index in [1.807, 2.05) is 0 Å². The quantitative estimate of drug-likeness (QED) is 0.562. The maximum Gasteiger partial charge on any atom is 0.219 e. The minimum absolute atomic E-state index is 0.203. The van der Waals surface area contributed by atoms with Crippen molar-refractivity contribution in [1.82, 2.24) is 0 Å². The van der Waals surface area contributed by atoms with Gasteiger partial charge < -0.3 is 15.2 Å². The SMILES string of the molecule is NC1COC2(CCCS2)O1. The van der Waals surface area contributed by atoms with Crippen LogP contribution in [0.2, 0.25) is 0 Å². The van der Waals surface area contributed by atoms with E-state index in [9.17, 15) is 0 Å². The molecule has 0 aliphatic carbocycles. The Labute approximate surface area is 64.2 Å². The summed E-state index contributed by atoms with van der Waals surface area (Å²) < 4.78 is 10.9. The van der Waals surface area contributed by atoms with Crippen molar-refractivity contribution in [2.45, 2.75) is 24.2 Å². The molecule has 0 amide bonds. The fraction of sp³-hybridized carbons (Fsp3) is 1.00. The molecule has 0 aromatic carbocycles. The highest BCUT2D eigenvalue weighted by Crippen LogP contribution is 2.43. The Morgan fingerprint density at radius 2 is 2.50 bits per heavy atom. The van der Waals surface area contributed by atoms with Crippen LogP contribution in [0.15, 0.2) is 0 Å². The molecule has 4 heteroatoms. The van der Waals surface area contributed by atoms with Crippen molar-refractivity contribution in [3.63, 3.8) is 0 Å². The van der Waals surface area contributed by atoms with Gasteiger partial charge in [-0.3, -0.25) is 0 Å². The predicted octanol–water partition coefficient (Wildman–Crippen LogP) is 0.499. The highest BCUT2D eigenvalue weighted by Gasteiger charge is 2.43. The summed E-state index contributed by atoms with van der Waals surface area (Å²) in [5, 5.41) is -0.348. The van der Waals surface area contributed by atoms with Crippen molar-refractivity contribution in [2.75, 3.05) is 12.4 Å². The van der Waals surface area contributed by atoms with E-state index in [-0.39, 0.29) is 11.3 Å². The van der Waals surface area contributed by atoms with Gasteiger partial charge >= 0.3 is 0 Å². The highest BCUT2D eigenvalue weighted by atomic mass is 32.2. The van der Waals surface area contributed by atoms with E-state index in [4.69, 9.17) is 15.2 Å². The molecule has 10 heavy (non-hydrogen) atoms. The summed E-state index contributed by atoms with van der Waals surface area (Å²) in [7, 11) is 0. The minimum atomic E-state index is -0.348. The molecule has 2 heterocycles. The molecular weight excluding hydrogens is 150 g/mol. The molecule has 2 rings (SSSR count). The van der Waals surface area contributed by atoms with Crippen molar-refractivity contribution < 1.29 is 9.47 Å². The van der Waals surface area contributed by atoms with E-state index in [2.05, 4.69) is 0 Å². The molecule has 0 aromatic heterocycles. The van der Waals surface area contributed by atoms with Gasteiger partial charge in [0.15, 0.2) is 0 Å². The molecule has 2 aliphatic rings. The number of hydrogen-bond donors (Lipinski definition) is 1. The van der Waals surface area contributed by atoms with Crippen molar-refractivity contribution in [2.24, 2.45) is 5.73 Å². The van der Waals surface area contributed by atoms with Gasteiger partial charge in [-0.2, -0.15) is 0 Å². The molecule has 0 aromatic rings. The van der Waals surface area contributed by atoms with Crippen LogP contribution in [0.5, 0.6) is 0 Å².